The summed E-state index contributed by atoms with van der Waals surface area (Å²) in [5.74, 6) is 1.85. The number of benzene rings is 2. The van der Waals surface area contributed by atoms with Gasteiger partial charge in [-0.2, -0.15) is 0 Å². The van der Waals surface area contributed by atoms with Crippen LogP contribution in [0.2, 0.25) is 0 Å². The second-order valence-electron chi connectivity index (χ2n) is 5.33. The highest BCUT2D eigenvalue weighted by atomic mass is 16.5. The molecule has 2 aromatic rings. The summed E-state index contributed by atoms with van der Waals surface area (Å²) in [7, 11) is 1.71. The van der Waals surface area contributed by atoms with Crippen molar-refractivity contribution in [2.75, 3.05) is 13.7 Å². The van der Waals surface area contributed by atoms with Gasteiger partial charge in [0.1, 0.15) is 11.5 Å². The lowest BCUT2D eigenvalue weighted by atomic mass is 10.1. The molecule has 3 heteroatoms. The van der Waals surface area contributed by atoms with Crippen molar-refractivity contribution in [2.45, 2.75) is 32.9 Å². The summed E-state index contributed by atoms with van der Waals surface area (Å²) >= 11 is 0. The predicted octanol–water partition coefficient (Wildman–Crippen LogP) is 4.33. The topological polar surface area (TPSA) is 30.5 Å². The molecule has 0 amide bonds. The minimum Gasteiger partial charge on any atom is -0.496 e. The smallest absolute Gasteiger partial charge is 0.123 e. The summed E-state index contributed by atoms with van der Waals surface area (Å²) in [6.45, 7) is 5.82. The molecule has 0 fully saturated rings. The van der Waals surface area contributed by atoms with Gasteiger partial charge in [0.2, 0.25) is 0 Å². The highest BCUT2D eigenvalue weighted by Crippen LogP contribution is 2.21. The summed E-state index contributed by atoms with van der Waals surface area (Å²) in [5.41, 5.74) is 2.42. The number of ether oxygens (including phenoxy) is 2. The van der Waals surface area contributed by atoms with Gasteiger partial charge in [-0.25, -0.2) is 0 Å². The lowest BCUT2D eigenvalue weighted by molar-refractivity contribution is 0.317. The van der Waals surface area contributed by atoms with E-state index in [9.17, 15) is 0 Å². The first kappa shape index (κ1) is 16.4. The predicted molar refractivity (Wildman–Crippen MR) is 90.5 cm³/mol. The van der Waals surface area contributed by atoms with Crippen molar-refractivity contribution >= 4 is 0 Å². The van der Waals surface area contributed by atoms with E-state index in [4.69, 9.17) is 9.47 Å². The summed E-state index contributed by atoms with van der Waals surface area (Å²) in [6, 6.07) is 16.7. The van der Waals surface area contributed by atoms with Crippen molar-refractivity contribution in [3.8, 4) is 11.5 Å². The van der Waals surface area contributed by atoms with Gasteiger partial charge >= 0.3 is 0 Å². The number of nitrogens with one attached hydrogen (secondary N) is 1. The molecular weight excluding hydrogens is 274 g/mol. The highest BCUT2D eigenvalue weighted by molar-refractivity contribution is 5.33. The Kier molecular flexibility index (Phi) is 6.28. The Labute approximate surface area is 133 Å². The van der Waals surface area contributed by atoms with E-state index in [0.717, 1.165) is 31.1 Å². The molecule has 118 valence electrons. The number of hydrogen-bond donors (Lipinski definition) is 1. The van der Waals surface area contributed by atoms with Crippen LogP contribution >= 0.6 is 0 Å². The molecule has 2 rings (SSSR count). The lowest BCUT2D eigenvalue weighted by Crippen LogP contribution is -2.18. The van der Waals surface area contributed by atoms with E-state index in [1.165, 1.54) is 11.1 Å². The molecule has 0 saturated heterocycles. The van der Waals surface area contributed by atoms with Crippen LogP contribution in [0.3, 0.4) is 0 Å². The van der Waals surface area contributed by atoms with Crippen LogP contribution in [0.25, 0.3) is 0 Å². The van der Waals surface area contributed by atoms with Gasteiger partial charge in [0.05, 0.1) is 13.7 Å². The highest BCUT2D eigenvalue weighted by Gasteiger charge is 2.07. The van der Waals surface area contributed by atoms with Gasteiger partial charge in [-0.1, -0.05) is 37.3 Å². The zero-order valence-corrected chi connectivity index (χ0v) is 13.6. The Morgan fingerprint density at radius 2 is 1.77 bits per heavy atom. The van der Waals surface area contributed by atoms with Crippen LogP contribution in [0.15, 0.2) is 48.5 Å². The third kappa shape index (κ3) is 4.50. The van der Waals surface area contributed by atoms with E-state index in [0.29, 0.717) is 0 Å². The molecule has 0 heterocycles. The van der Waals surface area contributed by atoms with Gasteiger partial charge in [-0.3, -0.25) is 0 Å². The molecular formula is C19H25NO2. The van der Waals surface area contributed by atoms with Gasteiger partial charge in [0, 0.05) is 18.2 Å². The van der Waals surface area contributed by atoms with E-state index >= 15 is 0 Å². The Morgan fingerprint density at radius 3 is 2.45 bits per heavy atom. The van der Waals surface area contributed by atoms with Crippen molar-refractivity contribution in [1.82, 2.24) is 5.32 Å². The van der Waals surface area contributed by atoms with E-state index in [-0.39, 0.29) is 6.04 Å². The van der Waals surface area contributed by atoms with Crippen LogP contribution in [0.4, 0.5) is 0 Å². The number of rotatable bonds is 8. The zero-order chi connectivity index (χ0) is 15.8. The molecule has 22 heavy (non-hydrogen) atoms. The maximum Gasteiger partial charge on any atom is 0.123 e. The average molecular weight is 299 g/mol. The minimum atomic E-state index is 0.269. The standard InChI is InChI=1S/C19H25NO2/c1-4-13-22-18-11-9-16(10-12-18)15(2)20-14-17-7-5-6-8-19(17)21-3/h5-12,15,20H,4,13-14H2,1-3H3. The van der Waals surface area contributed by atoms with Crippen molar-refractivity contribution in [2.24, 2.45) is 0 Å². The van der Waals surface area contributed by atoms with Gasteiger partial charge < -0.3 is 14.8 Å². The van der Waals surface area contributed by atoms with E-state index in [1.54, 1.807) is 7.11 Å². The van der Waals surface area contributed by atoms with Crippen LogP contribution in [0.5, 0.6) is 11.5 Å². The molecule has 1 unspecified atom stereocenters. The van der Waals surface area contributed by atoms with E-state index in [2.05, 4.69) is 37.4 Å². The fourth-order valence-corrected chi connectivity index (χ4v) is 2.30. The van der Waals surface area contributed by atoms with Crippen LogP contribution < -0.4 is 14.8 Å². The summed E-state index contributed by atoms with van der Waals surface area (Å²) in [5, 5.41) is 3.53. The Morgan fingerprint density at radius 1 is 1.05 bits per heavy atom. The zero-order valence-electron chi connectivity index (χ0n) is 13.6. The number of methoxy groups -OCH3 is 1. The quantitative estimate of drug-likeness (QED) is 0.786. The first-order valence-corrected chi connectivity index (χ1v) is 7.82. The summed E-state index contributed by atoms with van der Waals surface area (Å²) in [6.07, 6.45) is 1.03. The fraction of sp³-hybridized carbons (Fsp3) is 0.368. The second-order valence-corrected chi connectivity index (χ2v) is 5.33. The van der Waals surface area contributed by atoms with Crippen molar-refractivity contribution in [3.05, 3.63) is 59.7 Å². The molecule has 0 spiro atoms. The Balaban J connectivity index is 1.93. The third-order valence-electron chi connectivity index (χ3n) is 3.64. The molecule has 0 aliphatic carbocycles. The van der Waals surface area contributed by atoms with Gasteiger partial charge in [0.15, 0.2) is 0 Å². The molecule has 0 aliphatic rings. The molecule has 0 aromatic heterocycles. The second kappa shape index (κ2) is 8.44. The maximum absolute atomic E-state index is 5.61. The molecule has 2 aromatic carbocycles. The molecule has 1 atom stereocenters. The fourth-order valence-electron chi connectivity index (χ4n) is 2.30. The maximum atomic E-state index is 5.61. The van der Waals surface area contributed by atoms with E-state index < -0.39 is 0 Å². The molecule has 3 nitrogen and oxygen atoms in total. The van der Waals surface area contributed by atoms with Gasteiger partial charge in [-0.15, -0.1) is 0 Å². The Bertz CT molecular complexity index is 566. The van der Waals surface area contributed by atoms with Crippen molar-refractivity contribution in [3.63, 3.8) is 0 Å². The minimum absolute atomic E-state index is 0.269. The molecule has 0 saturated carbocycles. The Hall–Kier alpha value is -2.00. The largest absolute Gasteiger partial charge is 0.496 e. The molecule has 0 bridgehead atoms. The first-order chi connectivity index (χ1) is 10.7. The summed E-state index contributed by atoms with van der Waals surface area (Å²) in [4.78, 5) is 0. The molecule has 0 radical (unpaired) electrons. The lowest BCUT2D eigenvalue weighted by Gasteiger charge is -2.16. The first-order valence-electron chi connectivity index (χ1n) is 7.82. The third-order valence-corrected chi connectivity index (χ3v) is 3.64. The van der Waals surface area contributed by atoms with Crippen LogP contribution in [-0.2, 0) is 6.54 Å². The van der Waals surface area contributed by atoms with Crippen molar-refractivity contribution < 1.29 is 9.47 Å². The number of hydrogen-bond acceptors (Lipinski definition) is 3. The van der Waals surface area contributed by atoms with Gasteiger partial charge in [-0.05, 0) is 37.1 Å². The summed E-state index contributed by atoms with van der Waals surface area (Å²) < 4.78 is 11.0. The van der Waals surface area contributed by atoms with Crippen LogP contribution in [0.1, 0.15) is 37.4 Å². The van der Waals surface area contributed by atoms with Gasteiger partial charge in [0.25, 0.3) is 0 Å². The van der Waals surface area contributed by atoms with Crippen LogP contribution in [0, 0.1) is 0 Å². The van der Waals surface area contributed by atoms with Crippen molar-refractivity contribution in [1.29, 1.82) is 0 Å². The SMILES string of the molecule is CCCOc1ccc(C(C)NCc2ccccc2OC)cc1. The monoisotopic (exact) mass is 299 g/mol. The van der Waals surface area contributed by atoms with Crippen LogP contribution in [-0.4, -0.2) is 13.7 Å². The average Bonchev–Trinajstić information content (AvgIpc) is 2.58. The molecule has 0 aliphatic heterocycles. The number of para-hydroxylation sites is 1. The normalized spacial score (nSPS) is 12.0. The molecule has 1 N–H and O–H groups in total. The van der Waals surface area contributed by atoms with E-state index in [1.807, 2.05) is 30.3 Å².